The van der Waals surface area contributed by atoms with Gasteiger partial charge in [-0.2, -0.15) is 0 Å². The van der Waals surface area contributed by atoms with E-state index < -0.39 is 9.84 Å². The third-order valence-electron chi connectivity index (χ3n) is 2.63. The molecule has 0 spiro atoms. The number of rotatable bonds is 3. The minimum atomic E-state index is -3.09. The van der Waals surface area contributed by atoms with E-state index in [1.807, 2.05) is 33.0 Å². The first-order valence-corrected chi connectivity index (χ1v) is 6.66. The molecule has 0 radical (unpaired) electrons. The van der Waals surface area contributed by atoms with E-state index >= 15 is 0 Å². The van der Waals surface area contributed by atoms with Crippen LogP contribution in [-0.2, 0) is 15.4 Å². The van der Waals surface area contributed by atoms with Crippen molar-refractivity contribution in [2.24, 2.45) is 0 Å². The third-order valence-corrected chi connectivity index (χ3v) is 3.76. The molecule has 0 fully saturated rings. The summed E-state index contributed by atoms with van der Waals surface area (Å²) in [5, 5.41) is 3.17. The first-order valence-electron chi connectivity index (χ1n) is 4.77. The van der Waals surface area contributed by atoms with E-state index in [1.165, 1.54) is 6.26 Å². The Hall–Kier alpha value is -0.870. The number of hydrogen-bond acceptors (Lipinski definition) is 3. The smallest absolute Gasteiger partial charge is 0.175 e. The maximum absolute atomic E-state index is 11.2. The van der Waals surface area contributed by atoms with Crippen molar-refractivity contribution in [2.45, 2.75) is 24.3 Å². The van der Waals surface area contributed by atoms with E-state index in [-0.39, 0.29) is 5.54 Å². The largest absolute Gasteiger partial charge is 0.311 e. The maximum Gasteiger partial charge on any atom is 0.175 e. The summed E-state index contributed by atoms with van der Waals surface area (Å²) < 4.78 is 22.5. The van der Waals surface area contributed by atoms with E-state index in [9.17, 15) is 8.42 Å². The van der Waals surface area contributed by atoms with Gasteiger partial charge in [0.25, 0.3) is 0 Å². The van der Waals surface area contributed by atoms with Crippen LogP contribution in [-0.4, -0.2) is 21.7 Å². The van der Waals surface area contributed by atoms with Crippen LogP contribution in [0, 0.1) is 0 Å². The average Bonchev–Trinajstić information content (AvgIpc) is 2.17. The molecule has 1 rings (SSSR count). The lowest BCUT2D eigenvalue weighted by Crippen LogP contribution is -2.33. The van der Waals surface area contributed by atoms with Crippen molar-refractivity contribution in [1.29, 1.82) is 0 Å². The maximum atomic E-state index is 11.2. The van der Waals surface area contributed by atoms with Gasteiger partial charge in [0.2, 0.25) is 0 Å². The second-order valence-corrected chi connectivity index (χ2v) is 6.19. The second-order valence-electron chi connectivity index (χ2n) is 4.17. The van der Waals surface area contributed by atoms with Crippen LogP contribution in [0.5, 0.6) is 0 Å². The Morgan fingerprint density at radius 2 is 1.60 bits per heavy atom. The highest BCUT2D eigenvalue weighted by molar-refractivity contribution is 7.90. The molecule has 1 N–H and O–H groups in total. The summed E-state index contributed by atoms with van der Waals surface area (Å²) in [7, 11) is -1.21. The van der Waals surface area contributed by atoms with Crippen LogP contribution >= 0.6 is 0 Å². The fourth-order valence-corrected chi connectivity index (χ4v) is 1.89. The lowest BCUT2D eigenvalue weighted by Gasteiger charge is -2.24. The van der Waals surface area contributed by atoms with Gasteiger partial charge >= 0.3 is 0 Å². The van der Waals surface area contributed by atoms with E-state index in [0.717, 1.165) is 5.56 Å². The first-order chi connectivity index (χ1) is 6.77. The molecule has 1 aromatic carbocycles. The zero-order valence-corrected chi connectivity index (χ0v) is 10.4. The zero-order valence-electron chi connectivity index (χ0n) is 9.53. The molecule has 0 saturated carbocycles. The molecule has 1 aromatic rings. The van der Waals surface area contributed by atoms with Gasteiger partial charge in [0.15, 0.2) is 9.84 Å². The average molecular weight is 227 g/mol. The number of sulfone groups is 1. The molecule has 0 bridgehead atoms. The molecule has 0 saturated heterocycles. The van der Waals surface area contributed by atoms with Gasteiger partial charge in [-0.1, -0.05) is 12.1 Å². The van der Waals surface area contributed by atoms with Crippen molar-refractivity contribution in [3.63, 3.8) is 0 Å². The molecular formula is C11H17NO2S. The highest BCUT2D eigenvalue weighted by Gasteiger charge is 2.18. The predicted octanol–water partition coefficient (Wildman–Crippen LogP) is 1.54. The topological polar surface area (TPSA) is 46.2 Å². The van der Waals surface area contributed by atoms with E-state index in [4.69, 9.17) is 0 Å². The fourth-order valence-electron chi connectivity index (χ4n) is 1.26. The highest BCUT2D eigenvalue weighted by atomic mass is 32.2. The van der Waals surface area contributed by atoms with Gasteiger partial charge in [0, 0.05) is 11.8 Å². The van der Waals surface area contributed by atoms with Crippen molar-refractivity contribution < 1.29 is 8.42 Å². The highest BCUT2D eigenvalue weighted by Crippen LogP contribution is 2.20. The van der Waals surface area contributed by atoms with Gasteiger partial charge in [-0.15, -0.1) is 0 Å². The molecule has 0 aliphatic carbocycles. The van der Waals surface area contributed by atoms with Gasteiger partial charge < -0.3 is 5.32 Å². The van der Waals surface area contributed by atoms with Crippen molar-refractivity contribution in [2.75, 3.05) is 13.3 Å². The van der Waals surface area contributed by atoms with Crippen molar-refractivity contribution in [3.05, 3.63) is 29.8 Å². The SMILES string of the molecule is CNC(C)(C)c1ccc(S(C)(=O)=O)cc1. The molecule has 0 aromatic heterocycles. The monoisotopic (exact) mass is 227 g/mol. The van der Waals surface area contributed by atoms with Crippen molar-refractivity contribution >= 4 is 9.84 Å². The lowest BCUT2D eigenvalue weighted by atomic mass is 9.95. The summed E-state index contributed by atoms with van der Waals surface area (Å²) >= 11 is 0. The van der Waals surface area contributed by atoms with Gasteiger partial charge in [-0.3, -0.25) is 0 Å². The Labute approximate surface area is 91.4 Å². The normalized spacial score (nSPS) is 12.8. The van der Waals surface area contributed by atoms with Crippen molar-refractivity contribution in [1.82, 2.24) is 5.32 Å². The van der Waals surface area contributed by atoms with Crippen molar-refractivity contribution in [3.8, 4) is 0 Å². The Kier molecular flexibility index (Phi) is 3.21. The molecule has 3 nitrogen and oxygen atoms in total. The van der Waals surface area contributed by atoms with Crippen LogP contribution in [0.25, 0.3) is 0 Å². The number of nitrogens with one attached hydrogen (secondary N) is 1. The Morgan fingerprint density at radius 3 is 1.93 bits per heavy atom. The molecule has 0 aliphatic heterocycles. The zero-order chi connectivity index (χ0) is 11.7. The van der Waals surface area contributed by atoms with Gasteiger partial charge in [0.05, 0.1) is 4.90 Å². The summed E-state index contributed by atoms with van der Waals surface area (Å²) in [6, 6.07) is 6.97. The molecule has 84 valence electrons. The van der Waals surface area contributed by atoms with Gasteiger partial charge in [0.1, 0.15) is 0 Å². The minimum absolute atomic E-state index is 0.143. The molecule has 0 unspecified atom stereocenters. The lowest BCUT2D eigenvalue weighted by molar-refractivity contribution is 0.444. The molecular weight excluding hydrogens is 210 g/mol. The third kappa shape index (κ3) is 2.79. The van der Waals surface area contributed by atoms with Crippen LogP contribution < -0.4 is 5.32 Å². The van der Waals surface area contributed by atoms with Crippen LogP contribution in [0.15, 0.2) is 29.2 Å². The second kappa shape index (κ2) is 3.94. The molecule has 0 aliphatic rings. The molecule has 0 heterocycles. The van der Waals surface area contributed by atoms with E-state index in [0.29, 0.717) is 4.90 Å². The predicted molar refractivity (Wildman–Crippen MR) is 61.6 cm³/mol. The Balaban J connectivity index is 3.12. The summed E-state index contributed by atoms with van der Waals surface area (Å²) in [6.07, 6.45) is 1.21. The first kappa shape index (κ1) is 12.2. The molecule has 0 atom stereocenters. The molecule has 4 heteroatoms. The molecule has 0 amide bonds. The van der Waals surface area contributed by atoms with E-state index in [1.54, 1.807) is 12.1 Å². The van der Waals surface area contributed by atoms with Crippen LogP contribution in [0.3, 0.4) is 0 Å². The Bertz CT molecular complexity index is 432. The fraction of sp³-hybridized carbons (Fsp3) is 0.455. The summed E-state index contributed by atoms with van der Waals surface area (Å²) in [5.41, 5.74) is 0.924. The van der Waals surface area contributed by atoms with Crippen LogP contribution in [0.4, 0.5) is 0 Å². The number of benzene rings is 1. The standard InChI is InChI=1S/C11H17NO2S/c1-11(2,12-3)9-5-7-10(8-6-9)15(4,13)14/h5-8,12H,1-4H3. The van der Waals surface area contributed by atoms with Gasteiger partial charge in [-0.05, 0) is 38.6 Å². The Morgan fingerprint density at radius 1 is 1.13 bits per heavy atom. The summed E-state index contributed by atoms with van der Waals surface area (Å²) in [6.45, 7) is 4.09. The molecule has 15 heavy (non-hydrogen) atoms. The van der Waals surface area contributed by atoms with Gasteiger partial charge in [-0.25, -0.2) is 8.42 Å². The quantitative estimate of drug-likeness (QED) is 0.852. The minimum Gasteiger partial charge on any atom is -0.311 e. The number of hydrogen-bond donors (Lipinski definition) is 1. The van der Waals surface area contributed by atoms with Crippen LogP contribution in [0.2, 0.25) is 0 Å². The van der Waals surface area contributed by atoms with Crippen LogP contribution in [0.1, 0.15) is 19.4 Å². The van der Waals surface area contributed by atoms with E-state index in [2.05, 4.69) is 5.32 Å². The summed E-state index contributed by atoms with van der Waals surface area (Å²) in [4.78, 5) is 0.359. The summed E-state index contributed by atoms with van der Waals surface area (Å²) in [5.74, 6) is 0.